The zero-order valence-corrected chi connectivity index (χ0v) is 9.42. The molecule has 0 radical (unpaired) electrons. The van der Waals surface area contributed by atoms with E-state index in [1.54, 1.807) is 0 Å². The monoisotopic (exact) mass is 193 g/mol. The average molecular weight is 193 g/mol. The molecule has 0 saturated carbocycles. The quantitative estimate of drug-likeness (QED) is 0.795. The summed E-state index contributed by atoms with van der Waals surface area (Å²) in [6.45, 7) is 9.11. The molecule has 0 aliphatic carbocycles. The Morgan fingerprint density at radius 1 is 1.29 bits per heavy atom. The molecule has 0 fully saturated rings. The van der Waals surface area contributed by atoms with Gasteiger partial charge in [0.1, 0.15) is 5.75 Å². The first-order chi connectivity index (χ1) is 6.51. The predicted molar refractivity (Wildman–Crippen MR) is 61.0 cm³/mol. The Morgan fingerprint density at radius 2 is 2.00 bits per heavy atom. The summed E-state index contributed by atoms with van der Waals surface area (Å²) in [5.74, 6) is 0.918. The van der Waals surface area contributed by atoms with E-state index in [9.17, 15) is 0 Å². The van der Waals surface area contributed by atoms with Gasteiger partial charge in [0.25, 0.3) is 0 Å². The van der Waals surface area contributed by atoms with Crippen LogP contribution in [0, 0.1) is 0 Å². The standard InChI is InChI=1S/C12H19NO/c1-5-14-11-8-6-7-10(9-11)13-12(2,3)4/h6-9,13H,5H2,1-4H3. The minimum absolute atomic E-state index is 0.0881. The van der Waals surface area contributed by atoms with Crippen LogP contribution in [0.4, 0.5) is 5.69 Å². The highest BCUT2D eigenvalue weighted by Crippen LogP contribution is 2.20. The fourth-order valence-corrected chi connectivity index (χ4v) is 1.26. The Bertz CT molecular complexity index is 289. The largest absolute Gasteiger partial charge is 0.494 e. The van der Waals surface area contributed by atoms with E-state index >= 15 is 0 Å². The summed E-state index contributed by atoms with van der Waals surface area (Å²) in [6.07, 6.45) is 0. The molecule has 14 heavy (non-hydrogen) atoms. The molecule has 2 heteroatoms. The lowest BCUT2D eigenvalue weighted by molar-refractivity contribution is 0.340. The first-order valence-electron chi connectivity index (χ1n) is 5.02. The summed E-state index contributed by atoms with van der Waals surface area (Å²) in [7, 11) is 0. The number of hydrogen-bond acceptors (Lipinski definition) is 2. The van der Waals surface area contributed by atoms with Crippen molar-refractivity contribution < 1.29 is 4.74 Å². The number of ether oxygens (including phenoxy) is 1. The van der Waals surface area contributed by atoms with E-state index in [1.165, 1.54) is 0 Å². The van der Waals surface area contributed by atoms with Crippen LogP contribution in [0.3, 0.4) is 0 Å². The Balaban J connectivity index is 2.73. The number of benzene rings is 1. The third-order valence-electron chi connectivity index (χ3n) is 1.66. The fraction of sp³-hybridized carbons (Fsp3) is 0.500. The zero-order valence-electron chi connectivity index (χ0n) is 9.42. The van der Waals surface area contributed by atoms with Crippen LogP contribution in [0.5, 0.6) is 5.75 Å². The summed E-state index contributed by atoms with van der Waals surface area (Å²) in [6, 6.07) is 8.04. The Morgan fingerprint density at radius 3 is 2.57 bits per heavy atom. The first kappa shape index (κ1) is 10.9. The smallest absolute Gasteiger partial charge is 0.121 e. The van der Waals surface area contributed by atoms with E-state index in [0.717, 1.165) is 11.4 Å². The molecular weight excluding hydrogens is 174 g/mol. The second kappa shape index (κ2) is 4.36. The second-order valence-electron chi connectivity index (χ2n) is 4.34. The number of anilines is 1. The molecule has 0 spiro atoms. The number of nitrogens with one attached hydrogen (secondary N) is 1. The van der Waals surface area contributed by atoms with Crippen molar-refractivity contribution in [2.75, 3.05) is 11.9 Å². The van der Waals surface area contributed by atoms with Crippen LogP contribution < -0.4 is 10.1 Å². The van der Waals surface area contributed by atoms with E-state index in [1.807, 2.05) is 31.2 Å². The van der Waals surface area contributed by atoms with Crippen LogP contribution in [0.1, 0.15) is 27.7 Å². The van der Waals surface area contributed by atoms with Crippen LogP contribution in [0.25, 0.3) is 0 Å². The van der Waals surface area contributed by atoms with E-state index in [0.29, 0.717) is 6.61 Å². The molecular formula is C12H19NO. The van der Waals surface area contributed by atoms with E-state index in [2.05, 4.69) is 26.1 Å². The maximum absolute atomic E-state index is 5.42. The van der Waals surface area contributed by atoms with Crippen molar-refractivity contribution in [3.8, 4) is 5.75 Å². The molecule has 2 nitrogen and oxygen atoms in total. The molecule has 0 unspecified atom stereocenters. The van der Waals surface area contributed by atoms with E-state index < -0.39 is 0 Å². The van der Waals surface area contributed by atoms with Gasteiger partial charge in [0.05, 0.1) is 6.61 Å². The van der Waals surface area contributed by atoms with Gasteiger partial charge in [-0.25, -0.2) is 0 Å². The Labute approximate surface area is 86.3 Å². The van der Waals surface area contributed by atoms with Gasteiger partial charge in [0.2, 0.25) is 0 Å². The lowest BCUT2D eigenvalue weighted by Gasteiger charge is -2.22. The van der Waals surface area contributed by atoms with Gasteiger partial charge in [0, 0.05) is 17.3 Å². The van der Waals surface area contributed by atoms with Crippen molar-refractivity contribution in [3.05, 3.63) is 24.3 Å². The van der Waals surface area contributed by atoms with Crippen LogP contribution in [-0.2, 0) is 0 Å². The second-order valence-corrected chi connectivity index (χ2v) is 4.34. The van der Waals surface area contributed by atoms with Gasteiger partial charge >= 0.3 is 0 Å². The molecule has 1 rings (SSSR count). The lowest BCUT2D eigenvalue weighted by Crippen LogP contribution is -2.25. The van der Waals surface area contributed by atoms with Crippen LogP contribution in [0.15, 0.2) is 24.3 Å². The van der Waals surface area contributed by atoms with Crippen LogP contribution >= 0.6 is 0 Å². The highest BCUT2D eigenvalue weighted by Gasteiger charge is 2.09. The molecule has 0 bridgehead atoms. The fourth-order valence-electron chi connectivity index (χ4n) is 1.26. The van der Waals surface area contributed by atoms with E-state index in [-0.39, 0.29) is 5.54 Å². The van der Waals surface area contributed by atoms with Crippen molar-refractivity contribution in [1.82, 2.24) is 0 Å². The van der Waals surface area contributed by atoms with E-state index in [4.69, 9.17) is 4.74 Å². The summed E-state index contributed by atoms with van der Waals surface area (Å²) in [4.78, 5) is 0. The van der Waals surface area contributed by atoms with Gasteiger partial charge in [-0.15, -0.1) is 0 Å². The molecule has 0 aliphatic rings. The molecule has 1 N–H and O–H groups in total. The molecule has 78 valence electrons. The van der Waals surface area contributed by atoms with Gasteiger partial charge in [-0.05, 0) is 39.8 Å². The van der Waals surface area contributed by atoms with Gasteiger partial charge < -0.3 is 10.1 Å². The SMILES string of the molecule is CCOc1cccc(NC(C)(C)C)c1. The topological polar surface area (TPSA) is 21.3 Å². The summed E-state index contributed by atoms with van der Waals surface area (Å²) in [5, 5.41) is 3.40. The van der Waals surface area contributed by atoms with Gasteiger partial charge in [-0.2, -0.15) is 0 Å². The minimum atomic E-state index is 0.0881. The normalized spacial score (nSPS) is 11.1. The van der Waals surface area contributed by atoms with Gasteiger partial charge in [-0.3, -0.25) is 0 Å². The van der Waals surface area contributed by atoms with Gasteiger partial charge in [0.15, 0.2) is 0 Å². The molecule has 0 aliphatic heterocycles. The number of hydrogen-bond donors (Lipinski definition) is 1. The molecule has 1 aromatic carbocycles. The molecule has 1 aromatic rings. The van der Waals surface area contributed by atoms with Gasteiger partial charge in [-0.1, -0.05) is 6.07 Å². The highest BCUT2D eigenvalue weighted by atomic mass is 16.5. The lowest BCUT2D eigenvalue weighted by atomic mass is 10.1. The maximum atomic E-state index is 5.42. The molecule has 0 heterocycles. The third-order valence-corrected chi connectivity index (χ3v) is 1.66. The van der Waals surface area contributed by atoms with Crippen molar-refractivity contribution >= 4 is 5.69 Å². The Hall–Kier alpha value is -1.18. The minimum Gasteiger partial charge on any atom is -0.494 e. The molecule has 0 saturated heterocycles. The molecule has 0 amide bonds. The summed E-state index contributed by atoms with van der Waals surface area (Å²) in [5.41, 5.74) is 1.19. The molecule has 0 aromatic heterocycles. The van der Waals surface area contributed by atoms with Crippen LogP contribution in [0.2, 0.25) is 0 Å². The average Bonchev–Trinajstić information content (AvgIpc) is 2.02. The zero-order chi connectivity index (χ0) is 10.6. The summed E-state index contributed by atoms with van der Waals surface area (Å²) >= 11 is 0. The Kier molecular flexibility index (Phi) is 3.39. The van der Waals surface area contributed by atoms with Crippen LogP contribution in [-0.4, -0.2) is 12.1 Å². The van der Waals surface area contributed by atoms with Crippen molar-refractivity contribution in [2.45, 2.75) is 33.2 Å². The highest BCUT2D eigenvalue weighted by molar-refractivity contribution is 5.49. The number of rotatable bonds is 3. The van der Waals surface area contributed by atoms with Crippen molar-refractivity contribution in [1.29, 1.82) is 0 Å². The predicted octanol–water partition coefficient (Wildman–Crippen LogP) is 3.30. The summed E-state index contributed by atoms with van der Waals surface area (Å²) < 4.78 is 5.42. The molecule has 0 atom stereocenters. The maximum Gasteiger partial charge on any atom is 0.121 e. The first-order valence-corrected chi connectivity index (χ1v) is 5.02. The van der Waals surface area contributed by atoms with Crippen molar-refractivity contribution in [3.63, 3.8) is 0 Å². The van der Waals surface area contributed by atoms with Crippen molar-refractivity contribution in [2.24, 2.45) is 0 Å². The third kappa shape index (κ3) is 3.69.